The van der Waals surface area contributed by atoms with Crippen LogP contribution in [0.1, 0.15) is 24.0 Å². The molecule has 2 rings (SSSR count). The summed E-state index contributed by atoms with van der Waals surface area (Å²) >= 11 is 0. The van der Waals surface area contributed by atoms with Crippen LogP contribution in [0, 0.1) is 25.2 Å². The molecule has 0 bridgehead atoms. The maximum Gasteiger partial charge on any atom is 0.417 e. The molecule has 0 aromatic heterocycles. The van der Waals surface area contributed by atoms with Gasteiger partial charge in [0, 0.05) is 24.9 Å². The molecule has 1 aliphatic carbocycles. The highest BCUT2D eigenvalue weighted by Crippen LogP contribution is 2.50. The Labute approximate surface area is 122 Å². The van der Waals surface area contributed by atoms with Gasteiger partial charge in [-0.1, -0.05) is 12.0 Å². The Hall–Kier alpha value is -1.67. The highest BCUT2D eigenvalue weighted by molar-refractivity contribution is 5.55. The van der Waals surface area contributed by atoms with Crippen molar-refractivity contribution in [1.82, 2.24) is 0 Å². The van der Waals surface area contributed by atoms with Gasteiger partial charge in [0.2, 0.25) is 0 Å². The summed E-state index contributed by atoms with van der Waals surface area (Å²) < 4.78 is 43.4. The Morgan fingerprint density at radius 1 is 1.43 bits per heavy atom. The summed E-state index contributed by atoms with van der Waals surface area (Å²) in [7, 11) is 1.12. The Balaban J connectivity index is 1.94. The molecule has 0 saturated heterocycles. The van der Waals surface area contributed by atoms with Gasteiger partial charge in [-0.15, -0.1) is 6.42 Å². The summed E-state index contributed by atoms with van der Waals surface area (Å²) in [5, 5.41) is 3.18. The van der Waals surface area contributed by atoms with E-state index in [0.29, 0.717) is 6.54 Å². The van der Waals surface area contributed by atoms with E-state index in [1.807, 2.05) is 25.1 Å². The van der Waals surface area contributed by atoms with Crippen LogP contribution in [0.5, 0.6) is 0 Å². The third kappa shape index (κ3) is 3.01. The molecule has 114 valence electrons. The van der Waals surface area contributed by atoms with Crippen LogP contribution in [0.3, 0.4) is 0 Å². The number of anilines is 1. The quantitative estimate of drug-likeness (QED) is 0.855. The van der Waals surface area contributed by atoms with Crippen molar-refractivity contribution in [2.75, 3.05) is 19.0 Å². The van der Waals surface area contributed by atoms with Crippen molar-refractivity contribution in [3.63, 3.8) is 0 Å². The number of aryl methyl sites for hydroxylation is 1. The Bertz CT molecular complexity index is 554. The Kier molecular flexibility index (Phi) is 4.20. The number of terminal acetylenes is 1. The highest BCUT2D eigenvalue weighted by atomic mass is 19.4. The molecule has 1 aliphatic rings. The number of hydrogen-bond donors (Lipinski definition) is 1. The summed E-state index contributed by atoms with van der Waals surface area (Å²) in [6.45, 7) is 2.41. The molecule has 0 amide bonds. The molecule has 1 aromatic rings. The van der Waals surface area contributed by atoms with Gasteiger partial charge in [-0.2, -0.15) is 13.2 Å². The molecule has 0 heterocycles. The van der Waals surface area contributed by atoms with E-state index in [1.165, 1.54) is 0 Å². The molecule has 0 atom stereocenters. The molecule has 1 fully saturated rings. The van der Waals surface area contributed by atoms with Crippen LogP contribution >= 0.6 is 0 Å². The maximum absolute atomic E-state index is 12.9. The lowest BCUT2D eigenvalue weighted by molar-refractivity contribution is -0.307. The molecular formula is C16H18F3NO. The standard InChI is InChI=1S/C16H18F3NO/c1-4-12-6-5-11(2)14(7-12)20-10-13-8-15(9-13,21-3)16(17,18)19/h1,5-7,13,20H,8-10H2,2-3H3. The number of nitrogens with one attached hydrogen (secondary N) is 1. The molecule has 0 spiro atoms. The van der Waals surface area contributed by atoms with E-state index in [1.54, 1.807) is 0 Å². The van der Waals surface area contributed by atoms with E-state index >= 15 is 0 Å². The molecule has 0 aliphatic heterocycles. The first-order valence-electron chi connectivity index (χ1n) is 6.74. The second-order valence-corrected chi connectivity index (χ2v) is 5.53. The SMILES string of the molecule is C#Cc1ccc(C)c(NCC2CC(OC)(C(F)(F)F)C2)c1. The van der Waals surface area contributed by atoms with Crippen molar-refractivity contribution in [1.29, 1.82) is 0 Å². The highest BCUT2D eigenvalue weighted by Gasteiger charge is 2.62. The van der Waals surface area contributed by atoms with Crippen molar-refractivity contribution in [3.8, 4) is 12.3 Å². The normalized spacial score (nSPS) is 25.0. The fourth-order valence-electron chi connectivity index (χ4n) is 2.69. The molecule has 5 heteroatoms. The van der Waals surface area contributed by atoms with Gasteiger partial charge in [0.25, 0.3) is 0 Å². The average molecular weight is 297 g/mol. The summed E-state index contributed by atoms with van der Waals surface area (Å²) in [6.07, 6.45) is 1.02. The minimum atomic E-state index is -4.31. The van der Waals surface area contributed by atoms with E-state index < -0.39 is 11.8 Å². The predicted octanol–water partition coefficient (Wildman–Crippen LogP) is 3.75. The van der Waals surface area contributed by atoms with Gasteiger partial charge in [0.1, 0.15) is 0 Å². The first-order chi connectivity index (χ1) is 9.81. The number of alkyl halides is 3. The van der Waals surface area contributed by atoms with Crippen molar-refractivity contribution in [2.24, 2.45) is 5.92 Å². The minimum absolute atomic E-state index is 0.00607. The van der Waals surface area contributed by atoms with Crippen molar-refractivity contribution in [2.45, 2.75) is 31.5 Å². The molecular weight excluding hydrogens is 279 g/mol. The van der Waals surface area contributed by atoms with Gasteiger partial charge < -0.3 is 10.1 Å². The zero-order valence-electron chi connectivity index (χ0n) is 12.1. The molecule has 1 aromatic carbocycles. The molecule has 0 radical (unpaired) electrons. The number of hydrogen-bond acceptors (Lipinski definition) is 2. The third-order valence-electron chi connectivity index (χ3n) is 4.13. The van der Waals surface area contributed by atoms with Gasteiger partial charge in [-0.05, 0) is 43.4 Å². The van der Waals surface area contributed by atoms with E-state index in [4.69, 9.17) is 11.2 Å². The average Bonchev–Trinajstić information content (AvgIpc) is 2.38. The van der Waals surface area contributed by atoms with Gasteiger partial charge in [0.05, 0.1) is 0 Å². The van der Waals surface area contributed by atoms with Gasteiger partial charge in [-0.25, -0.2) is 0 Å². The topological polar surface area (TPSA) is 21.3 Å². The van der Waals surface area contributed by atoms with Gasteiger partial charge in [-0.3, -0.25) is 0 Å². The minimum Gasteiger partial charge on any atom is -0.385 e. The first kappa shape index (κ1) is 15.7. The monoisotopic (exact) mass is 297 g/mol. The number of halogens is 3. The third-order valence-corrected chi connectivity index (χ3v) is 4.13. The lowest BCUT2D eigenvalue weighted by Gasteiger charge is -2.47. The first-order valence-corrected chi connectivity index (χ1v) is 6.74. The molecule has 1 saturated carbocycles. The number of rotatable bonds is 4. The Morgan fingerprint density at radius 2 is 2.10 bits per heavy atom. The van der Waals surface area contributed by atoms with Crippen molar-refractivity contribution in [3.05, 3.63) is 29.3 Å². The van der Waals surface area contributed by atoms with E-state index in [9.17, 15) is 13.2 Å². The zero-order valence-corrected chi connectivity index (χ0v) is 12.1. The predicted molar refractivity (Wildman–Crippen MR) is 76.1 cm³/mol. The van der Waals surface area contributed by atoms with Crippen LogP contribution in [-0.2, 0) is 4.74 Å². The molecule has 0 unspecified atom stereocenters. The van der Waals surface area contributed by atoms with Crippen molar-refractivity contribution < 1.29 is 17.9 Å². The van der Waals surface area contributed by atoms with Gasteiger partial charge >= 0.3 is 6.18 Å². The smallest absolute Gasteiger partial charge is 0.385 e. The number of benzene rings is 1. The summed E-state index contributed by atoms with van der Waals surface area (Å²) in [5.74, 6) is 2.49. The number of methoxy groups -OCH3 is 1. The lowest BCUT2D eigenvalue weighted by atomic mass is 9.70. The molecule has 1 N–H and O–H groups in total. The molecule has 21 heavy (non-hydrogen) atoms. The van der Waals surface area contributed by atoms with Crippen LogP contribution in [0.2, 0.25) is 0 Å². The van der Waals surface area contributed by atoms with Crippen LogP contribution in [0.15, 0.2) is 18.2 Å². The Morgan fingerprint density at radius 3 is 2.62 bits per heavy atom. The van der Waals surface area contributed by atoms with Crippen LogP contribution in [0.25, 0.3) is 0 Å². The number of ether oxygens (including phenoxy) is 1. The van der Waals surface area contributed by atoms with E-state index in [0.717, 1.165) is 23.9 Å². The lowest BCUT2D eigenvalue weighted by Crippen LogP contribution is -2.57. The van der Waals surface area contributed by atoms with Gasteiger partial charge in [0.15, 0.2) is 5.60 Å². The molecule has 2 nitrogen and oxygen atoms in total. The largest absolute Gasteiger partial charge is 0.417 e. The summed E-state index contributed by atoms with van der Waals surface area (Å²) in [5.41, 5.74) is 0.669. The fourth-order valence-corrected chi connectivity index (χ4v) is 2.69. The summed E-state index contributed by atoms with van der Waals surface area (Å²) in [6, 6.07) is 5.57. The van der Waals surface area contributed by atoms with E-state index in [-0.39, 0.29) is 18.8 Å². The van der Waals surface area contributed by atoms with Crippen LogP contribution in [0.4, 0.5) is 18.9 Å². The van der Waals surface area contributed by atoms with Crippen molar-refractivity contribution >= 4 is 5.69 Å². The van der Waals surface area contributed by atoms with Crippen LogP contribution < -0.4 is 5.32 Å². The fraction of sp³-hybridized carbons (Fsp3) is 0.500. The van der Waals surface area contributed by atoms with Crippen LogP contribution in [-0.4, -0.2) is 25.4 Å². The van der Waals surface area contributed by atoms with E-state index in [2.05, 4.69) is 11.2 Å². The maximum atomic E-state index is 12.9. The summed E-state index contributed by atoms with van der Waals surface area (Å²) in [4.78, 5) is 0. The second-order valence-electron chi connectivity index (χ2n) is 5.53. The zero-order chi connectivity index (χ0) is 15.7. The second kappa shape index (κ2) is 5.61.